The van der Waals surface area contributed by atoms with Gasteiger partial charge in [-0.15, -0.1) is 0 Å². The van der Waals surface area contributed by atoms with E-state index in [1.165, 1.54) is 11.1 Å². The van der Waals surface area contributed by atoms with Crippen LogP contribution in [0.15, 0.2) is 54.6 Å². The fourth-order valence-corrected chi connectivity index (χ4v) is 3.26. The van der Waals surface area contributed by atoms with E-state index in [9.17, 15) is 9.59 Å². The van der Waals surface area contributed by atoms with Gasteiger partial charge in [0.1, 0.15) is 0 Å². The monoisotopic (exact) mass is 322 g/mol. The van der Waals surface area contributed by atoms with Crippen molar-refractivity contribution in [2.45, 2.75) is 25.8 Å². The second-order valence-electron chi connectivity index (χ2n) is 6.36. The molecule has 2 aromatic carbocycles. The van der Waals surface area contributed by atoms with Crippen LogP contribution in [0.3, 0.4) is 0 Å². The lowest BCUT2D eigenvalue weighted by atomic mass is 10.0. The summed E-state index contributed by atoms with van der Waals surface area (Å²) in [6.45, 7) is 2.15. The first-order valence-corrected chi connectivity index (χ1v) is 8.31. The number of nitrogens with one attached hydrogen (secondary N) is 2. The first-order chi connectivity index (χ1) is 11.6. The number of carbonyl (C=O) groups is 2. The lowest BCUT2D eigenvalue weighted by molar-refractivity contribution is -0.126. The van der Waals surface area contributed by atoms with Crippen molar-refractivity contribution in [1.82, 2.24) is 10.6 Å². The fourth-order valence-electron chi connectivity index (χ4n) is 3.26. The molecule has 24 heavy (non-hydrogen) atoms. The van der Waals surface area contributed by atoms with Crippen LogP contribution >= 0.6 is 0 Å². The molecule has 0 saturated heterocycles. The fraction of sp³-hybridized carbons (Fsp3) is 0.300. The minimum Gasteiger partial charge on any atom is -0.347 e. The summed E-state index contributed by atoms with van der Waals surface area (Å²) in [7, 11) is 0. The van der Waals surface area contributed by atoms with Crippen LogP contribution in [0.1, 0.15) is 29.7 Å². The summed E-state index contributed by atoms with van der Waals surface area (Å²) in [5, 5.41) is 5.74. The highest BCUT2D eigenvalue weighted by Gasteiger charge is 2.29. The van der Waals surface area contributed by atoms with Gasteiger partial charge in [-0.2, -0.15) is 0 Å². The second-order valence-corrected chi connectivity index (χ2v) is 6.36. The molecule has 124 valence electrons. The summed E-state index contributed by atoms with van der Waals surface area (Å²) in [4.78, 5) is 24.1. The zero-order valence-electron chi connectivity index (χ0n) is 13.8. The second kappa shape index (κ2) is 7.30. The number of benzene rings is 2. The van der Waals surface area contributed by atoms with Gasteiger partial charge in [0, 0.05) is 0 Å². The molecule has 0 saturated carbocycles. The van der Waals surface area contributed by atoms with Gasteiger partial charge in [0.25, 0.3) is 0 Å². The topological polar surface area (TPSA) is 58.2 Å². The molecule has 3 rings (SSSR count). The molecule has 1 aliphatic rings. The highest BCUT2D eigenvalue weighted by Crippen LogP contribution is 2.35. The Bertz CT molecular complexity index is 727. The Kier molecular flexibility index (Phi) is 4.94. The normalized spacial score (nSPS) is 18.7. The first kappa shape index (κ1) is 16.2. The van der Waals surface area contributed by atoms with Crippen molar-refractivity contribution >= 4 is 11.8 Å². The summed E-state index contributed by atoms with van der Waals surface area (Å²) < 4.78 is 0. The van der Waals surface area contributed by atoms with Crippen LogP contribution < -0.4 is 10.6 Å². The van der Waals surface area contributed by atoms with Gasteiger partial charge < -0.3 is 10.6 Å². The molecule has 0 bridgehead atoms. The van der Waals surface area contributed by atoms with Crippen LogP contribution in [0.2, 0.25) is 0 Å². The quantitative estimate of drug-likeness (QED) is 0.888. The Morgan fingerprint density at radius 2 is 1.71 bits per heavy atom. The molecule has 0 heterocycles. The lowest BCUT2D eigenvalue weighted by Crippen LogP contribution is -2.40. The van der Waals surface area contributed by atoms with Crippen LogP contribution in [-0.2, 0) is 22.4 Å². The molecular formula is C20H22N2O2. The molecule has 0 unspecified atom stereocenters. The van der Waals surface area contributed by atoms with Crippen molar-refractivity contribution in [3.05, 3.63) is 71.3 Å². The van der Waals surface area contributed by atoms with Gasteiger partial charge in [-0.05, 0) is 29.0 Å². The first-order valence-electron chi connectivity index (χ1n) is 8.31. The maximum absolute atomic E-state index is 12.2. The molecule has 2 amide bonds. The maximum Gasteiger partial charge on any atom is 0.239 e. The largest absolute Gasteiger partial charge is 0.347 e. The number of hydrogen-bond donors (Lipinski definition) is 2. The van der Waals surface area contributed by atoms with Crippen molar-refractivity contribution in [1.29, 1.82) is 0 Å². The van der Waals surface area contributed by atoms with Gasteiger partial charge >= 0.3 is 0 Å². The summed E-state index contributed by atoms with van der Waals surface area (Å²) in [6, 6.07) is 17.7. The number of rotatable bonds is 5. The molecule has 2 N–H and O–H groups in total. The summed E-state index contributed by atoms with van der Waals surface area (Å²) in [5.74, 6) is 0.0764. The predicted octanol–water partition coefficient (Wildman–Crippen LogP) is 2.40. The van der Waals surface area contributed by atoms with Gasteiger partial charge in [-0.3, -0.25) is 9.59 Å². The Morgan fingerprint density at radius 3 is 2.50 bits per heavy atom. The van der Waals surface area contributed by atoms with Gasteiger partial charge in [0.05, 0.1) is 19.0 Å². The Hall–Kier alpha value is -2.62. The predicted molar refractivity (Wildman–Crippen MR) is 93.3 cm³/mol. The highest BCUT2D eigenvalue weighted by molar-refractivity contribution is 5.86. The molecule has 2 atom stereocenters. The van der Waals surface area contributed by atoms with E-state index < -0.39 is 0 Å². The van der Waals surface area contributed by atoms with Crippen LogP contribution in [0.4, 0.5) is 0 Å². The minimum atomic E-state index is -0.148. The molecule has 0 aliphatic heterocycles. The van der Waals surface area contributed by atoms with Crippen LogP contribution in [0.25, 0.3) is 0 Å². The molecule has 4 nitrogen and oxygen atoms in total. The number of fused-ring (bicyclic) bond motifs is 1. The summed E-state index contributed by atoms with van der Waals surface area (Å²) >= 11 is 0. The van der Waals surface area contributed by atoms with Crippen molar-refractivity contribution in [3.8, 4) is 0 Å². The molecule has 2 aromatic rings. The maximum atomic E-state index is 12.2. The lowest BCUT2D eigenvalue weighted by Gasteiger charge is -2.19. The standard InChI is InChI=1S/C20H22N2O2/c1-14-11-16-9-5-6-10-17(16)20(14)22-19(24)13-21-18(23)12-15-7-3-2-4-8-15/h2-10,14,20H,11-13H2,1H3,(H,21,23)(H,22,24)/t14-,20-/m0/s1. The van der Waals surface area contributed by atoms with Crippen LogP contribution in [-0.4, -0.2) is 18.4 Å². The van der Waals surface area contributed by atoms with Gasteiger partial charge in [0.15, 0.2) is 0 Å². The van der Waals surface area contributed by atoms with Crippen LogP contribution in [0, 0.1) is 5.92 Å². The molecule has 0 spiro atoms. The van der Waals surface area contributed by atoms with Crippen molar-refractivity contribution in [2.24, 2.45) is 5.92 Å². The molecule has 4 heteroatoms. The highest BCUT2D eigenvalue weighted by atomic mass is 16.2. The third kappa shape index (κ3) is 3.82. The van der Waals surface area contributed by atoms with E-state index >= 15 is 0 Å². The van der Waals surface area contributed by atoms with E-state index in [1.54, 1.807) is 0 Å². The molecule has 1 aliphatic carbocycles. The third-order valence-corrected chi connectivity index (χ3v) is 4.47. The van der Waals surface area contributed by atoms with E-state index in [0.717, 1.165) is 12.0 Å². The smallest absolute Gasteiger partial charge is 0.239 e. The summed E-state index contributed by atoms with van der Waals surface area (Å²) in [6.07, 6.45) is 1.26. The van der Waals surface area contributed by atoms with Gasteiger partial charge in [-0.25, -0.2) is 0 Å². The van der Waals surface area contributed by atoms with Crippen molar-refractivity contribution in [3.63, 3.8) is 0 Å². The molecular weight excluding hydrogens is 300 g/mol. The average Bonchev–Trinajstić information content (AvgIpc) is 2.90. The SMILES string of the molecule is C[C@H]1Cc2ccccc2[C@H]1NC(=O)CNC(=O)Cc1ccccc1. The zero-order valence-corrected chi connectivity index (χ0v) is 13.8. The van der Waals surface area contributed by atoms with E-state index in [-0.39, 0.29) is 30.8 Å². The van der Waals surface area contributed by atoms with Gasteiger partial charge in [-0.1, -0.05) is 61.5 Å². The van der Waals surface area contributed by atoms with Crippen molar-refractivity contribution < 1.29 is 9.59 Å². The average molecular weight is 322 g/mol. The third-order valence-electron chi connectivity index (χ3n) is 4.47. The van der Waals surface area contributed by atoms with E-state index in [1.807, 2.05) is 42.5 Å². The van der Waals surface area contributed by atoms with Gasteiger partial charge in [0.2, 0.25) is 11.8 Å². The van der Waals surface area contributed by atoms with E-state index in [4.69, 9.17) is 0 Å². The zero-order chi connectivity index (χ0) is 16.9. The Balaban J connectivity index is 1.50. The summed E-state index contributed by atoms with van der Waals surface area (Å²) in [5.41, 5.74) is 3.42. The van der Waals surface area contributed by atoms with E-state index in [2.05, 4.69) is 29.7 Å². The number of carbonyl (C=O) groups excluding carboxylic acids is 2. The number of hydrogen-bond acceptors (Lipinski definition) is 2. The molecule has 0 aromatic heterocycles. The van der Waals surface area contributed by atoms with Crippen molar-refractivity contribution in [2.75, 3.05) is 6.54 Å². The molecule has 0 fully saturated rings. The Morgan fingerprint density at radius 1 is 1.00 bits per heavy atom. The minimum absolute atomic E-state index is 0.0110. The molecule has 0 radical (unpaired) electrons. The number of amides is 2. The van der Waals surface area contributed by atoms with Crippen LogP contribution in [0.5, 0.6) is 0 Å². The Labute approximate surface area is 142 Å². The van der Waals surface area contributed by atoms with E-state index in [0.29, 0.717) is 5.92 Å².